The number of methoxy groups -OCH3 is 1. The number of nitro groups is 1. The second-order valence-corrected chi connectivity index (χ2v) is 6.28. The van der Waals surface area contributed by atoms with Crippen molar-refractivity contribution in [1.29, 1.82) is 0 Å². The van der Waals surface area contributed by atoms with Gasteiger partial charge in [0.15, 0.2) is 0 Å². The lowest BCUT2D eigenvalue weighted by molar-refractivity contribution is -0.384. The van der Waals surface area contributed by atoms with E-state index in [9.17, 15) is 14.9 Å². The predicted molar refractivity (Wildman–Crippen MR) is 93.1 cm³/mol. The molecule has 0 saturated heterocycles. The van der Waals surface area contributed by atoms with Crippen molar-refractivity contribution in [3.63, 3.8) is 0 Å². The number of carbonyl (C=O) groups is 1. The minimum absolute atomic E-state index is 0.0950. The Hall–Kier alpha value is -2.06. The summed E-state index contributed by atoms with van der Waals surface area (Å²) in [5.74, 6) is 0.235. The lowest BCUT2D eigenvalue weighted by atomic mass is 10.2. The third-order valence-electron chi connectivity index (χ3n) is 2.87. The maximum Gasteiger partial charge on any atom is 0.273 e. The number of thioether (sulfide) groups is 1. The number of halogens is 1. The molecule has 0 fully saturated rings. The third kappa shape index (κ3) is 4.70. The lowest BCUT2D eigenvalue weighted by Crippen LogP contribution is -2.14. The molecule has 1 N–H and O–H groups in total. The summed E-state index contributed by atoms with van der Waals surface area (Å²) in [4.78, 5) is 23.2. The number of non-ortho nitro benzene ring substituents is 1. The quantitative estimate of drug-likeness (QED) is 0.451. The number of nitrogens with zero attached hydrogens (tertiary/aromatic N) is 1. The van der Waals surface area contributed by atoms with Crippen molar-refractivity contribution in [1.82, 2.24) is 0 Å². The van der Waals surface area contributed by atoms with Crippen LogP contribution in [0.1, 0.15) is 0 Å². The number of nitrogens with one attached hydrogen (secondary N) is 1. The molecule has 0 aromatic heterocycles. The van der Waals surface area contributed by atoms with E-state index in [1.807, 2.05) is 24.3 Å². The van der Waals surface area contributed by atoms with Crippen LogP contribution in [0.4, 0.5) is 11.4 Å². The SMILES string of the molecule is COc1cc([N+](=O)[O-])ccc1NC(=O)CSc1ccccc1Br. The standard InChI is InChI=1S/C15H13BrN2O4S/c1-22-13-8-10(18(20)21)6-7-12(13)17-15(19)9-23-14-5-3-2-4-11(14)16/h2-8H,9H2,1H3,(H,17,19). The summed E-state index contributed by atoms with van der Waals surface area (Å²) in [5.41, 5.74) is 0.304. The Balaban J connectivity index is 2.03. The number of benzene rings is 2. The van der Waals surface area contributed by atoms with E-state index in [0.717, 1.165) is 9.37 Å². The Bertz CT molecular complexity index is 739. The monoisotopic (exact) mass is 396 g/mol. The van der Waals surface area contributed by atoms with Gasteiger partial charge in [0.25, 0.3) is 5.69 Å². The fourth-order valence-corrected chi connectivity index (χ4v) is 3.16. The molecule has 0 unspecified atom stereocenters. The van der Waals surface area contributed by atoms with E-state index in [-0.39, 0.29) is 23.1 Å². The summed E-state index contributed by atoms with van der Waals surface area (Å²) < 4.78 is 6.01. The van der Waals surface area contributed by atoms with Crippen molar-refractivity contribution in [3.05, 3.63) is 57.1 Å². The first kappa shape index (κ1) is 17.3. The number of ether oxygens (including phenoxy) is 1. The summed E-state index contributed by atoms with van der Waals surface area (Å²) in [7, 11) is 1.39. The molecule has 0 aliphatic carbocycles. The van der Waals surface area contributed by atoms with Gasteiger partial charge in [0.05, 0.1) is 29.5 Å². The van der Waals surface area contributed by atoms with Gasteiger partial charge >= 0.3 is 0 Å². The summed E-state index contributed by atoms with van der Waals surface area (Å²) in [6, 6.07) is 11.7. The Morgan fingerprint density at radius 1 is 1.35 bits per heavy atom. The topological polar surface area (TPSA) is 81.5 Å². The summed E-state index contributed by atoms with van der Waals surface area (Å²) in [6.07, 6.45) is 0. The van der Waals surface area contributed by atoms with Crippen molar-refractivity contribution in [2.45, 2.75) is 4.90 Å². The van der Waals surface area contributed by atoms with Crippen LogP contribution in [0.2, 0.25) is 0 Å². The Labute approximate surface area is 145 Å². The van der Waals surface area contributed by atoms with Crippen molar-refractivity contribution in [2.75, 3.05) is 18.2 Å². The minimum atomic E-state index is -0.517. The third-order valence-corrected chi connectivity index (χ3v) is 4.89. The normalized spacial score (nSPS) is 10.2. The zero-order valence-electron chi connectivity index (χ0n) is 12.1. The van der Waals surface area contributed by atoms with Crippen LogP contribution < -0.4 is 10.1 Å². The van der Waals surface area contributed by atoms with E-state index < -0.39 is 4.92 Å². The zero-order chi connectivity index (χ0) is 16.8. The van der Waals surface area contributed by atoms with E-state index in [4.69, 9.17) is 4.74 Å². The second kappa shape index (κ2) is 7.98. The van der Waals surface area contributed by atoms with E-state index in [1.54, 1.807) is 0 Å². The van der Waals surface area contributed by atoms with E-state index >= 15 is 0 Å². The number of nitro benzene ring substituents is 1. The van der Waals surface area contributed by atoms with Gasteiger partial charge in [-0.05, 0) is 34.1 Å². The van der Waals surface area contributed by atoms with Gasteiger partial charge in [-0.2, -0.15) is 0 Å². The molecular weight excluding hydrogens is 384 g/mol. The molecule has 0 radical (unpaired) electrons. The largest absolute Gasteiger partial charge is 0.494 e. The Morgan fingerprint density at radius 3 is 2.74 bits per heavy atom. The summed E-state index contributed by atoms with van der Waals surface area (Å²) >= 11 is 4.81. The second-order valence-electron chi connectivity index (χ2n) is 4.41. The molecule has 23 heavy (non-hydrogen) atoms. The van der Waals surface area contributed by atoms with Crippen LogP contribution >= 0.6 is 27.7 Å². The van der Waals surface area contributed by atoms with Gasteiger partial charge in [-0.3, -0.25) is 14.9 Å². The molecule has 0 spiro atoms. The number of hydrogen-bond donors (Lipinski definition) is 1. The fourth-order valence-electron chi connectivity index (χ4n) is 1.79. The van der Waals surface area contributed by atoms with Crippen LogP contribution in [-0.4, -0.2) is 23.7 Å². The highest BCUT2D eigenvalue weighted by atomic mass is 79.9. The first-order valence-electron chi connectivity index (χ1n) is 6.51. The molecule has 0 bridgehead atoms. The van der Waals surface area contributed by atoms with Gasteiger partial charge in [-0.25, -0.2) is 0 Å². The molecule has 2 aromatic carbocycles. The highest BCUT2D eigenvalue weighted by Crippen LogP contribution is 2.30. The van der Waals surface area contributed by atoms with Gasteiger partial charge in [0.1, 0.15) is 5.75 Å². The molecule has 1 amide bonds. The molecule has 0 atom stereocenters. The smallest absolute Gasteiger partial charge is 0.273 e. The molecule has 0 heterocycles. The molecule has 6 nitrogen and oxygen atoms in total. The predicted octanol–water partition coefficient (Wildman–Crippen LogP) is 4.10. The van der Waals surface area contributed by atoms with E-state index in [1.165, 1.54) is 37.1 Å². The average Bonchev–Trinajstić information content (AvgIpc) is 2.54. The molecule has 0 aliphatic rings. The van der Waals surface area contributed by atoms with Crippen LogP contribution in [0.15, 0.2) is 51.8 Å². The molecule has 2 rings (SSSR count). The fraction of sp³-hybridized carbons (Fsp3) is 0.133. The molecule has 120 valence electrons. The van der Waals surface area contributed by atoms with Crippen LogP contribution in [-0.2, 0) is 4.79 Å². The first-order valence-corrected chi connectivity index (χ1v) is 8.28. The highest BCUT2D eigenvalue weighted by molar-refractivity contribution is 9.10. The first-order chi connectivity index (χ1) is 11.0. The Kier molecular flexibility index (Phi) is 6.00. The van der Waals surface area contributed by atoms with E-state index in [2.05, 4.69) is 21.2 Å². The summed E-state index contributed by atoms with van der Waals surface area (Å²) in [5, 5.41) is 13.4. The maximum atomic E-state index is 12.0. The maximum absolute atomic E-state index is 12.0. The number of carbonyl (C=O) groups excluding carboxylic acids is 1. The van der Waals surface area contributed by atoms with Gasteiger partial charge in [-0.15, -0.1) is 11.8 Å². The van der Waals surface area contributed by atoms with Crippen molar-refractivity contribution in [2.24, 2.45) is 0 Å². The number of amides is 1. The van der Waals surface area contributed by atoms with Crippen LogP contribution in [0, 0.1) is 10.1 Å². The van der Waals surface area contributed by atoms with Gasteiger partial charge in [0, 0.05) is 15.4 Å². The van der Waals surface area contributed by atoms with Gasteiger partial charge < -0.3 is 10.1 Å². The number of hydrogen-bond acceptors (Lipinski definition) is 5. The van der Waals surface area contributed by atoms with Gasteiger partial charge in [0.2, 0.25) is 5.91 Å². The lowest BCUT2D eigenvalue weighted by Gasteiger charge is -2.10. The average molecular weight is 397 g/mol. The number of rotatable bonds is 6. The number of anilines is 1. The van der Waals surface area contributed by atoms with Gasteiger partial charge in [-0.1, -0.05) is 12.1 Å². The van der Waals surface area contributed by atoms with Crippen molar-refractivity contribution >= 4 is 45.0 Å². The molecule has 0 saturated carbocycles. The molecule has 8 heteroatoms. The molecular formula is C15H13BrN2O4S. The van der Waals surface area contributed by atoms with Crippen LogP contribution in [0.25, 0.3) is 0 Å². The highest BCUT2D eigenvalue weighted by Gasteiger charge is 2.13. The van der Waals surface area contributed by atoms with Crippen molar-refractivity contribution in [3.8, 4) is 5.75 Å². The molecule has 2 aromatic rings. The Morgan fingerprint density at radius 2 is 2.09 bits per heavy atom. The van der Waals surface area contributed by atoms with Crippen LogP contribution in [0.5, 0.6) is 5.75 Å². The molecule has 0 aliphatic heterocycles. The van der Waals surface area contributed by atoms with Crippen molar-refractivity contribution < 1.29 is 14.5 Å². The van der Waals surface area contributed by atoms with Crippen LogP contribution in [0.3, 0.4) is 0 Å². The zero-order valence-corrected chi connectivity index (χ0v) is 14.5. The van der Waals surface area contributed by atoms with E-state index in [0.29, 0.717) is 5.69 Å². The summed E-state index contributed by atoms with van der Waals surface area (Å²) in [6.45, 7) is 0. The minimum Gasteiger partial charge on any atom is -0.494 e.